The number of rotatable bonds is 5. The van der Waals surface area contributed by atoms with Gasteiger partial charge in [-0.3, -0.25) is 0 Å². The zero-order valence-electron chi connectivity index (χ0n) is 9.77. The summed E-state index contributed by atoms with van der Waals surface area (Å²) in [5, 5.41) is 0. The molecule has 1 rings (SSSR count). The van der Waals surface area contributed by atoms with Crippen molar-refractivity contribution in [3.8, 4) is 0 Å². The van der Waals surface area contributed by atoms with Gasteiger partial charge in [-0.15, -0.1) is 0 Å². The summed E-state index contributed by atoms with van der Waals surface area (Å²) in [7, 11) is 2.04. The maximum absolute atomic E-state index is 5.61. The largest absolute Gasteiger partial charge is 0.368 e. The zero-order chi connectivity index (χ0) is 12.1. The van der Waals surface area contributed by atoms with Gasteiger partial charge in [0.25, 0.3) is 0 Å². The lowest BCUT2D eigenvalue weighted by molar-refractivity contribution is 0.664. The van der Waals surface area contributed by atoms with Crippen LogP contribution in [0.5, 0.6) is 0 Å². The maximum atomic E-state index is 5.61. The molecule has 0 aliphatic rings. The van der Waals surface area contributed by atoms with Crippen LogP contribution in [0.1, 0.15) is 13.3 Å². The lowest BCUT2D eigenvalue weighted by Gasteiger charge is -2.28. The quantitative estimate of drug-likeness (QED) is 0.905. The molecule has 1 atom stereocenters. The van der Waals surface area contributed by atoms with E-state index in [9.17, 15) is 0 Å². The number of hydrogen-bond donors (Lipinski definition) is 1. The van der Waals surface area contributed by atoms with Gasteiger partial charge in [0.1, 0.15) is 5.82 Å². The minimum Gasteiger partial charge on any atom is -0.368 e. The van der Waals surface area contributed by atoms with E-state index < -0.39 is 0 Å². The molecular weight excluding hydrogens is 288 g/mol. The van der Waals surface area contributed by atoms with Crippen LogP contribution in [-0.4, -0.2) is 35.1 Å². The number of nitrogens with zero attached hydrogens (tertiary/aromatic N) is 3. The molecule has 0 aliphatic heterocycles. The molecule has 0 fully saturated rings. The smallest absolute Gasteiger partial charge is 0.222 e. The normalized spacial score (nSPS) is 12.5. The molecule has 4 nitrogen and oxygen atoms in total. The van der Waals surface area contributed by atoms with Crippen LogP contribution < -0.4 is 10.6 Å². The van der Waals surface area contributed by atoms with Gasteiger partial charge in [-0.25, -0.2) is 4.98 Å². The highest BCUT2D eigenvalue weighted by atomic mass is 79.9. The predicted octanol–water partition coefficient (Wildman–Crippen LogP) is 2.40. The molecule has 0 aromatic carbocycles. The third-order valence-corrected chi connectivity index (χ3v) is 3.73. The molecule has 0 bridgehead atoms. The van der Waals surface area contributed by atoms with Crippen molar-refractivity contribution >= 4 is 39.5 Å². The standard InChI is InChI=1S/C10H17BrN4S/c1-4-7(6-16-3)15(2)9-8(11)5-13-10(12)14-9/h5,7H,4,6H2,1-3H3,(H2,12,13,14). The van der Waals surface area contributed by atoms with E-state index in [1.807, 2.05) is 18.8 Å². The Hall–Kier alpha value is -0.490. The van der Waals surface area contributed by atoms with Gasteiger partial charge in [0, 0.05) is 25.0 Å². The number of thioether (sulfide) groups is 1. The summed E-state index contributed by atoms with van der Waals surface area (Å²) in [5.41, 5.74) is 5.61. The molecule has 16 heavy (non-hydrogen) atoms. The minimum atomic E-state index is 0.309. The van der Waals surface area contributed by atoms with Crippen molar-refractivity contribution in [1.82, 2.24) is 9.97 Å². The summed E-state index contributed by atoms with van der Waals surface area (Å²) in [6, 6.07) is 0.459. The van der Waals surface area contributed by atoms with E-state index in [0.29, 0.717) is 12.0 Å². The Bertz CT molecular complexity index is 348. The fraction of sp³-hybridized carbons (Fsp3) is 0.600. The highest BCUT2D eigenvalue weighted by molar-refractivity contribution is 9.10. The van der Waals surface area contributed by atoms with Gasteiger partial charge < -0.3 is 10.6 Å². The highest BCUT2D eigenvalue weighted by Crippen LogP contribution is 2.25. The van der Waals surface area contributed by atoms with Gasteiger partial charge in [0.15, 0.2) is 0 Å². The van der Waals surface area contributed by atoms with Crippen molar-refractivity contribution in [3.05, 3.63) is 10.7 Å². The Kier molecular flexibility index (Phi) is 5.34. The van der Waals surface area contributed by atoms with E-state index in [1.54, 1.807) is 6.20 Å². The first kappa shape index (κ1) is 13.6. The number of aromatic nitrogens is 2. The van der Waals surface area contributed by atoms with Crippen LogP contribution in [-0.2, 0) is 0 Å². The number of hydrogen-bond acceptors (Lipinski definition) is 5. The molecule has 0 saturated heterocycles. The Morgan fingerprint density at radius 2 is 2.31 bits per heavy atom. The Labute approximate surface area is 109 Å². The van der Waals surface area contributed by atoms with Crippen molar-refractivity contribution in [1.29, 1.82) is 0 Å². The molecule has 0 aliphatic carbocycles. The molecule has 0 saturated carbocycles. The molecule has 1 aromatic heterocycles. The van der Waals surface area contributed by atoms with Crippen LogP contribution in [0.4, 0.5) is 11.8 Å². The fourth-order valence-electron chi connectivity index (χ4n) is 1.49. The molecule has 1 heterocycles. The van der Waals surface area contributed by atoms with Crippen molar-refractivity contribution in [2.45, 2.75) is 19.4 Å². The van der Waals surface area contributed by atoms with Crippen LogP contribution in [0, 0.1) is 0 Å². The first-order chi connectivity index (χ1) is 7.60. The van der Waals surface area contributed by atoms with Crippen LogP contribution in [0.3, 0.4) is 0 Å². The lowest BCUT2D eigenvalue weighted by atomic mass is 10.2. The summed E-state index contributed by atoms with van der Waals surface area (Å²) in [6.07, 6.45) is 4.88. The Morgan fingerprint density at radius 1 is 1.62 bits per heavy atom. The van der Waals surface area contributed by atoms with Crippen molar-refractivity contribution < 1.29 is 0 Å². The second kappa shape index (κ2) is 6.30. The zero-order valence-corrected chi connectivity index (χ0v) is 12.2. The van der Waals surface area contributed by atoms with Gasteiger partial charge in [-0.05, 0) is 28.6 Å². The summed E-state index contributed by atoms with van der Waals surface area (Å²) in [4.78, 5) is 10.4. The van der Waals surface area contributed by atoms with Crippen molar-refractivity contribution in [2.75, 3.05) is 29.7 Å². The van der Waals surface area contributed by atoms with Gasteiger partial charge >= 0.3 is 0 Å². The van der Waals surface area contributed by atoms with Crippen LogP contribution in [0.25, 0.3) is 0 Å². The summed E-state index contributed by atoms with van der Waals surface area (Å²) in [5.74, 6) is 2.24. The third-order valence-electron chi connectivity index (χ3n) is 2.46. The van der Waals surface area contributed by atoms with E-state index >= 15 is 0 Å². The minimum absolute atomic E-state index is 0.309. The van der Waals surface area contributed by atoms with E-state index in [4.69, 9.17) is 5.73 Å². The third kappa shape index (κ3) is 3.25. The SMILES string of the molecule is CCC(CSC)N(C)c1nc(N)ncc1Br. The second-order valence-corrected chi connectivity index (χ2v) is 5.29. The number of anilines is 2. The van der Waals surface area contributed by atoms with Crippen LogP contribution in [0.2, 0.25) is 0 Å². The molecule has 0 radical (unpaired) electrons. The second-order valence-electron chi connectivity index (χ2n) is 3.53. The van der Waals surface area contributed by atoms with Crippen LogP contribution in [0.15, 0.2) is 10.7 Å². The van der Waals surface area contributed by atoms with Gasteiger partial charge in [0.05, 0.1) is 4.47 Å². The average molecular weight is 305 g/mol. The van der Waals surface area contributed by atoms with Crippen molar-refractivity contribution in [3.63, 3.8) is 0 Å². The Morgan fingerprint density at radius 3 is 2.88 bits per heavy atom. The molecule has 1 unspecified atom stereocenters. The lowest BCUT2D eigenvalue weighted by Crippen LogP contribution is -2.34. The van der Waals surface area contributed by atoms with Crippen molar-refractivity contribution in [2.24, 2.45) is 0 Å². The van der Waals surface area contributed by atoms with Gasteiger partial charge in [-0.2, -0.15) is 16.7 Å². The number of halogens is 1. The average Bonchev–Trinajstić information content (AvgIpc) is 2.28. The van der Waals surface area contributed by atoms with E-state index in [2.05, 4.69) is 44.0 Å². The summed E-state index contributed by atoms with van der Waals surface area (Å²) >= 11 is 5.29. The summed E-state index contributed by atoms with van der Waals surface area (Å²) in [6.45, 7) is 2.18. The molecular formula is C10H17BrN4S. The monoisotopic (exact) mass is 304 g/mol. The molecule has 0 spiro atoms. The maximum Gasteiger partial charge on any atom is 0.222 e. The summed E-state index contributed by atoms with van der Waals surface area (Å²) < 4.78 is 0.878. The first-order valence-corrected chi connectivity index (χ1v) is 7.28. The molecule has 2 N–H and O–H groups in total. The van der Waals surface area contributed by atoms with Crippen LogP contribution >= 0.6 is 27.7 Å². The topological polar surface area (TPSA) is 55.0 Å². The molecule has 90 valence electrons. The predicted molar refractivity (Wildman–Crippen MR) is 75.0 cm³/mol. The number of nitrogens with two attached hydrogens (primary N) is 1. The highest BCUT2D eigenvalue weighted by Gasteiger charge is 2.16. The van der Waals surface area contributed by atoms with Gasteiger partial charge in [0.2, 0.25) is 5.95 Å². The molecule has 1 aromatic rings. The number of nitrogen functional groups attached to an aromatic ring is 1. The Balaban J connectivity index is 2.93. The van der Waals surface area contributed by atoms with E-state index in [0.717, 1.165) is 22.5 Å². The molecule has 0 amide bonds. The molecule has 6 heteroatoms. The van der Waals surface area contributed by atoms with Gasteiger partial charge in [-0.1, -0.05) is 6.92 Å². The first-order valence-electron chi connectivity index (χ1n) is 5.09. The van der Waals surface area contributed by atoms with E-state index in [1.165, 1.54) is 0 Å². The van der Waals surface area contributed by atoms with E-state index in [-0.39, 0.29) is 0 Å². The fourth-order valence-corrected chi connectivity index (χ4v) is 2.80.